The predicted molar refractivity (Wildman–Crippen MR) is 80.8 cm³/mol. The second kappa shape index (κ2) is 6.82. The Kier molecular flexibility index (Phi) is 5.96. The van der Waals surface area contributed by atoms with Gasteiger partial charge in [0.25, 0.3) is 0 Å². The molecule has 1 rings (SSSR count). The van der Waals surface area contributed by atoms with Crippen molar-refractivity contribution in [3.8, 4) is 0 Å². The minimum absolute atomic E-state index is 0.287. The van der Waals surface area contributed by atoms with E-state index in [-0.39, 0.29) is 11.4 Å². The van der Waals surface area contributed by atoms with Gasteiger partial charge < -0.3 is 5.11 Å². The lowest BCUT2D eigenvalue weighted by molar-refractivity contribution is -0.00426. The van der Waals surface area contributed by atoms with Gasteiger partial charge in [-0.15, -0.1) is 0 Å². The van der Waals surface area contributed by atoms with Crippen LogP contribution in [0.2, 0.25) is 0 Å². The maximum absolute atomic E-state index is 13.5. The van der Waals surface area contributed by atoms with Crippen molar-refractivity contribution >= 4 is 15.9 Å². The first-order chi connectivity index (χ1) is 8.84. The molecule has 0 fully saturated rings. The Labute approximate surface area is 123 Å². The zero-order valence-electron chi connectivity index (χ0n) is 12.1. The van der Waals surface area contributed by atoms with E-state index in [4.69, 9.17) is 0 Å². The highest BCUT2D eigenvalue weighted by Gasteiger charge is 2.33. The molecule has 0 bridgehead atoms. The summed E-state index contributed by atoms with van der Waals surface area (Å²) in [4.78, 5) is 2.21. The highest BCUT2D eigenvalue weighted by Crippen LogP contribution is 2.26. The molecule has 19 heavy (non-hydrogen) atoms. The Morgan fingerprint density at radius 3 is 2.42 bits per heavy atom. The molecule has 1 aromatic rings. The van der Waals surface area contributed by atoms with E-state index in [2.05, 4.69) is 34.7 Å². The number of nitrogens with zero attached hydrogens (tertiary/aromatic N) is 1. The van der Waals surface area contributed by atoms with Gasteiger partial charge in [-0.25, -0.2) is 4.39 Å². The molecule has 108 valence electrons. The average Bonchev–Trinajstić information content (AvgIpc) is 2.36. The highest BCUT2D eigenvalue weighted by atomic mass is 79.9. The molecule has 1 N–H and O–H groups in total. The molecular weight excluding hydrogens is 309 g/mol. The fraction of sp³-hybridized carbons (Fsp3) is 0.600. The first-order valence-corrected chi connectivity index (χ1v) is 7.49. The smallest absolute Gasteiger partial charge is 0.137 e. The molecule has 0 amide bonds. The van der Waals surface area contributed by atoms with Gasteiger partial charge in [-0.2, -0.15) is 0 Å². The van der Waals surface area contributed by atoms with Crippen LogP contribution in [-0.4, -0.2) is 34.7 Å². The lowest BCUT2D eigenvalue weighted by Gasteiger charge is -2.41. The normalized spacial score (nSPS) is 13.9. The van der Waals surface area contributed by atoms with Gasteiger partial charge in [0.1, 0.15) is 5.82 Å². The van der Waals surface area contributed by atoms with Gasteiger partial charge in [-0.05, 0) is 54.5 Å². The fourth-order valence-corrected chi connectivity index (χ4v) is 2.84. The summed E-state index contributed by atoms with van der Waals surface area (Å²) in [5, 5.41) is 10.5. The van der Waals surface area contributed by atoms with Crippen molar-refractivity contribution in [2.24, 2.45) is 0 Å². The molecule has 0 saturated carbocycles. The number of likely N-dealkylation sites (N-methyl/N-ethyl adjacent to an activating group) is 1. The van der Waals surface area contributed by atoms with Crippen molar-refractivity contribution in [1.29, 1.82) is 0 Å². The summed E-state index contributed by atoms with van der Waals surface area (Å²) in [5.74, 6) is -0.287. The number of aliphatic hydroxyl groups excluding tert-OH is 1. The van der Waals surface area contributed by atoms with Gasteiger partial charge in [0.15, 0.2) is 0 Å². The summed E-state index contributed by atoms with van der Waals surface area (Å²) in [6.07, 6.45) is -0.118. The molecule has 0 saturated heterocycles. The van der Waals surface area contributed by atoms with E-state index in [1.807, 2.05) is 19.9 Å². The summed E-state index contributed by atoms with van der Waals surface area (Å²) in [5.41, 5.74) is 0.461. The predicted octanol–water partition coefficient (Wildman–Crippen LogP) is 3.61. The van der Waals surface area contributed by atoms with Gasteiger partial charge in [0, 0.05) is 12.0 Å². The second-order valence-electron chi connectivity index (χ2n) is 5.26. The number of hydrogen-bond acceptors (Lipinski definition) is 2. The number of hydrogen-bond donors (Lipinski definition) is 1. The van der Waals surface area contributed by atoms with Crippen molar-refractivity contribution in [2.75, 3.05) is 13.1 Å². The van der Waals surface area contributed by atoms with Gasteiger partial charge in [-0.3, -0.25) is 4.90 Å². The van der Waals surface area contributed by atoms with Crippen LogP contribution in [-0.2, 0) is 6.42 Å². The summed E-state index contributed by atoms with van der Waals surface area (Å²) in [6, 6.07) is 4.93. The molecule has 1 atom stereocenters. The van der Waals surface area contributed by atoms with Crippen LogP contribution in [0.4, 0.5) is 4.39 Å². The first-order valence-electron chi connectivity index (χ1n) is 6.70. The molecule has 4 heteroatoms. The van der Waals surface area contributed by atoms with Crippen molar-refractivity contribution in [2.45, 2.75) is 45.8 Å². The molecule has 2 nitrogen and oxygen atoms in total. The van der Waals surface area contributed by atoms with Crippen LogP contribution in [0.25, 0.3) is 0 Å². The molecular formula is C15H23BrFNO. The minimum Gasteiger partial charge on any atom is -0.391 e. The quantitative estimate of drug-likeness (QED) is 0.860. The molecule has 0 aliphatic heterocycles. The third-order valence-electron chi connectivity index (χ3n) is 3.84. The van der Waals surface area contributed by atoms with E-state index >= 15 is 0 Å². The topological polar surface area (TPSA) is 23.5 Å². The molecule has 0 heterocycles. The third-order valence-corrected chi connectivity index (χ3v) is 4.73. The largest absolute Gasteiger partial charge is 0.391 e. The van der Waals surface area contributed by atoms with Crippen molar-refractivity contribution in [3.05, 3.63) is 34.1 Å². The van der Waals surface area contributed by atoms with Crippen LogP contribution >= 0.6 is 15.9 Å². The van der Waals surface area contributed by atoms with Crippen molar-refractivity contribution in [3.63, 3.8) is 0 Å². The summed E-state index contributed by atoms with van der Waals surface area (Å²) >= 11 is 3.25. The van der Waals surface area contributed by atoms with E-state index in [1.54, 1.807) is 6.07 Å². The number of aliphatic hydroxyl groups is 1. The summed E-state index contributed by atoms with van der Waals surface area (Å²) < 4.78 is 13.9. The monoisotopic (exact) mass is 331 g/mol. The molecule has 1 unspecified atom stereocenters. The minimum atomic E-state index is -0.550. The molecule has 0 aromatic heterocycles. The van der Waals surface area contributed by atoms with E-state index in [0.717, 1.165) is 18.7 Å². The SMILES string of the molecule is CCN(CC)C(C)(C)C(O)Cc1cccc(F)c1Br. The Morgan fingerprint density at radius 1 is 1.32 bits per heavy atom. The first kappa shape index (κ1) is 16.6. The Bertz CT molecular complexity index is 419. The van der Waals surface area contributed by atoms with Crippen molar-refractivity contribution in [1.82, 2.24) is 4.90 Å². The molecule has 0 aliphatic rings. The van der Waals surface area contributed by atoms with Crippen molar-refractivity contribution < 1.29 is 9.50 Å². The molecule has 0 radical (unpaired) electrons. The maximum Gasteiger partial charge on any atom is 0.137 e. The van der Waals surface area contributed by atoms with Crippen LogP contribution < -0.4 is 0 Å². The second-order valence-corrected chi connectivity index (χ2v) is 6.05. The van der Waals surface area contributed by atoms with E-state index in [0.29, 0.717) is 10.9 Å². The highest BCUT2D eigenvalue weighted by molar-refractivity contribution is 9.10. The van der Waals surface area contributed by atoms with Crippen LogP contribution in [0.15, 0.2) is 22.7 Å². The van der Waals surface area contributed by atoms with Gasteiger partial charge in [0.2, 0.25) is 0 Å². The maximum atomic E-state index is 13.5. The number of halogens is 2. The Balaban J connectivity index is 2.89. The van der Waals surface area contributed by atoms with E-state index in [9.17, 15) is 9.50 Å². The Hall–Kier alpha value is -0.450. The molecule has 0 spiro atoms. The van der Waals surface area contributed by atoms with Gasteiger partial charge in [-0.1, -0.05) is 26.0 Å². The van der Waals surface area contributed by atoms with Crippen LogP contribution in [0.5, 0.6) is 0 Å². The van der Waals surface area contributed by atoms with E-state index in [1.165, 1.54) is 6.07 Å². The molecule has 1 aromatic carbocycles. The van der Waals surface area contributed by atoms with Gasteiger partial charge in [0.05, 0.1) is 10.6 Å². The number of rotatable bonds is 6. The zero-order chi connectivity index (χ0) is 14.6. The average molecular weight is 332 g/mol. The summed E-state index contributed by atoms with van der Waals surface area (Å²) in [6.45, 7) is 9.97. The standard InChI is InChI=1S/C15H23BrFNO/c1-5-18(6-2)15(3,4)13(19)10-11-8-7-9-12(17)14(11)16/h7-9,13,19H,5-6,10H2,1-4H3. The van der Waals surface area contributed by atoms with Crippen LogP contribution in [0.3, 0.4) is 0 Å². The lowest BCUT2D eigenvalue weighted by atomic mass is 9.90. The third kappa shape index (κ3) is 3.77. The lowest BCUT2D eigenvalue weighted by Crippen LogP contribution is -2.53. The van der Waals surface area contributed by atoms with Gasteiger partial charge >= 0.3 is 0 Å². The Morgan fingerprint density at radius 2 is 1.89 bits per heavy atom. The summed E-state index contributed by atoms with van der Waals surface area (Å²) in [7, 11) is 0. The van der Waals surface area contributed by atoms with Crippen LogP contribution in [0, 0.1) is 5.82 Å². The fourth-order valence-electron chi connectivity index (χ4n) is 2.41. The number of benzene rings is 1. The van der Waals surface area contributed by atoms with Crippen LogP contribution in [0.1, 0.15) is 33.3 Å². The molecule has 0 aliphatic carbocycles. The zero-order valence-corrected chi connectivity index (χ0v) is 13.7. The van der Waals surface area contributed by atoms with E-state index < -0.39 is 6.10 Å².